The maximum absolute atomic E-state index is 12.6. The molecule has 25 heavy (non-hydrogen) atoms. The zero-order chi connectivity index (χ0) is 17.9. The number of aliphatic hydroxyl groups is 1. The summed E-state index contributed by atoms with van der Waals surface area (Å²) in [6, 6.07) is 10.0. The Morgan fingerprint density at radius 1 is 1.16 bits per heavy atom. The predicted octanol–water partition coefficient (Wildman–Crippen LogP) is -0.115. The van der Waals surface area contributed by atoms with Crippen LogP contribution in [0, 0.1) is 0 Å². The average Bonchev–Trinajstić information content (AvgIpc) is 2.63. The summed E-state index contributed by atoms with van der Waals surface area (Å²) in [5.74, 6) is 0.890. The summed E-state index contributed by atoms with van der Waals surface area (Å²) >= 11 is 0. The van der Waals surface area contributed by atoms with E-state index in [1.165, 1.54) is 21.5 Å². The number of ether oxygens (including phenoxy) is 1. The molecule has 0 atom stereocenters. The molecule has 0 bridgehead atoms. The first kappa shape index (κ1) is 17.8. The van der Waals surface area contributed by atoms with Crippen molar-refractivity contribution in [2.24, 2.45) is 0 Å². The Kier molecular flexibility index (Phi) is 5.33. The van der Waals surface area contributed by atoms with E-state index in [4.69, 9.17) is 9.84 Å². The van der Waals surface area contributed by atoms with E-state index in [1.807, 2.05) is 0 Å². The number of aliphatic hydroxyl groups excluding tert-OH is 1. The van der Waals surface area contributed by atoms with Crippen LogP contribution >= 0.6 is 0 Å². The van der Waals surface area contributed by atoms with E-state index in [2.05, 4.69) is 12.0 Å². The van der Waals surface area contributed by atoms with Crippen LogP contribution in [0.4, 0.5) is 0 Å². The minimum Gasteiger partial charge on any atom is -0.439 e. The van der Waals surface area contributed by atoms with Gasteiger partial charge in [-0.2, -0.15) is 4.31 Å². The Bertz CT molecular complexity index is 799. The van der Waals surface area contributed by atoms with Crippen LogP contribution in [-0.4, -0.2) is 56.0 Å². The van der Waals surface area contributed by atoms with Crippen LogP contribution in [0.5, 0.6) is 11.6 Å². The molecule has 134 valence electrons. The summed E-state index contributed by atoms with van der Waals surface area (Å²) in [5.41, 5.74) is 0.788. The number of aromatic nitrogens is 1. The van der Waals surface area contributed by atoms with Crippen LogP contribution in [0.25, 0.3) is 0 Å². The molecular weight excluding hydrogens is 342 g/mol. The van der Waals surface area contributed by atoms with E-state index in [1.54, 1.807) is 30.3 Å². The molecule has 2 aromatic rings. The molecule has 1 aromatic carbocycles. The smallest absolute Gasteiger partial charge is 0.245 e. The number of nitrogens with zero attached hydrogens (tertiary/aromatic N) is 2. The summed E-state index contributed by atoms with van der Waals surface area (Å²) in [7, 11) is -1.45. The predicted molar refractivity (Wildman–Crippen MR) is 92.1 cm³/mol. The number of nitrogens with one attached hydrogen (secondary N) is 1. The first-order chi connectivity index (χ1) is 12.0. The van der Waals surface area contributed by atoms with Gasteiger partial charge in [-0.15, -0.1) is 0 Å². The Hall–Kier alpha value is -2.00. The number of hydrogen-bond donors (Lipinski definition) is 2. The molecule has 2 N–H and O–H groups in total. The van der Waals surface area contributed by atoms with Crippen molar-refractivity contribution in [3.8, 4) is 11.6 Å². The number of sulfonamides is 1. The molecule has 7 nitrogen and oxygen atoms in total. The van der Waals surface area contributed by atoms with Crippen LogP contribution in [0.1, 0.15) is 5.56 Å². The van der Waals surface area contributed by atoms with Crippen molar-refractivity contribution in [1.82, 2.24) is 9.29 Å². The van der Waals surface area contributed by atoms with Crippen molar-refractivity contribution < 1.29 is 23.2 Å². The molecule has 1 fully saturated rings. The highest BCUT2D eigenvalue weighted by Crippen LogP contribution is 2.22. The van der Waals surface area contributed by atoms with Gasteiger partial charge in [0.05, 0.1) is 46.0 Å². The maximum Gasteiger partial charge on any atom is 0.245 e. The zero-order valence-electron chi connectivity index (χ0n) is 14.1. The van der Waals surface area contributed by atoms with E-state index in [0.29, 0.717) is 24.7 Å². The lowest BCUT2D eigenvalue weighted by atomic mass is 10.2. The van der Waals surface area contributed by atoms with Gasteiger partial charge in [-0.1, -0.05) is 12.1 Å². The summed E-state index contributed by atoms with van der Waals surface area (Å²) in [6.07, 6.45) is 1.33. The minimum atomic E-state index is -3.51. The highest BCUT2D eigenvalue weighted by molar-refractivity contribution is 7.89. The van der Waals surface area contributed by atoms with Crippen molar-refractivity contribution in [2.45, 2.75) is 11.5 Å². The average molecular weight is 364 g/mol. The molecule has 0 amide bonds. The normalized spacial score (nSPS) is 16.7. The Morgan fingerprint density at radius 2 is 1.84 bits per heavy atom. The van der Waals surface area contributed by atoms with Gasteiger partial charge in [-0.3, -0.25) is 0 Å². The van der Waals surface area contributed by atoms with Gasteiger partial charge < -0.3 is 14.7 Å². The van der Waals surface area contributed by atoms with Crippen molar-refractivity contribution in [2.75, 3.05) is 33.2 Å². The number of rotatable bonds is 5. The molecule has 0 unspecified atom stereocenters. The first-order valence-electron chi connectivity index (χ1n) is 8.14. The maximum atomic E-state index is 12.6. The van der Waals surface area contributed by atoms with Crippen molar-refractivity contribution >= 4 is 10.0 Å². The molecule has 0 saturated carbocycles. The van der Waals surface area contributed by atoms with Crippen LogP contribution < -0.4 is 9.64 Å². The number of likely N-dealkylation sites (N-methyl/N-ethyl adjacent to an activating group) is 1. The van der Waals surface area contributed by atoms with E-state index in [0.717, 1.165) is 18.7 Å². The van der Waals surface area contributed by atoms with Crippen LogP contribution in [-0.2, 0) is 16.6 Å². The van der Waals surface area contributed by atoms with E-state index in [9.17, 15) is 8.42 Å². The zero-order valence-corrected chi connectivity index (χ0v) is 14.9. The fourth-order valence-corrected chi connectivity index (χ4v) is 4.01. The quantitative estimate of drug-likeness (QED) is 0.773. The second kappa shape index (κ2) is 7.49. The molecule has 1 aromatic heterocycles. The number of hydrogen-bond acceptors (Lipinski definition) is 5. The third kappa shape index (κ3) is 4.16. The first-order valence-corrected chi connectivity index (χ1v) is 9.58. The van der Waals surface area contributed by atoms with E-state index < -0.39 is 10.0 Å². The minimum absolute atomic E-state index is 0.0289. The topological polar surface area (TPSA) is 84.2 Å². The van der Waals surface area contributed by atoms with Gasteiger partial charge in [-0.25, -0.2) is 13.4 Å². The van der Waals surface area contributed by atoms with Gasteiger partial charge in [0, 0.05) is 6.07 Å². The van der Waals surface area contributed by atoms with Gasteiger partial charge in [-0.05, 0) is 23.8 Å². The fourth-order valence-electron chi connectivity index (χ4n) is 2.62. The lowest BCUT2D eigenvalue weighted by molar-refractivity contribution is -0.883. The largest absolute Gasteiger partial charge is 0.439 e. The summed E-state index contributed by atoms with van der Waals surface area (Å²) < 4.78 is 32.4. The van der Waals surface area contributed by atoms with E-state index >= 15 is 0 Å². The number of benzene rings is 1. The number of pyridine rings is 1. The molecule has 8 heteroatoms. The summed E-state index contributed by atoms with van der Waals surface area (Å²) in [6.45, 7) is 2.61. The van der Waals surface area contributed by atoms with Crippen molar-refractivity contribution in [3.05, 3.63) is 48.2 Å². The lowest BCUT2D eigenvalue weighted by Gasteiger charge is -2.29. The molecule has 1 aliphatic heterocycles. The Labute approximate surface area is 147 Å². The number of piperazine rings is 1. The lowest BCUT2D eigenvalue weighted by Crippen LogP contribution is -3.12. The number of quaternary nitrogens is 1. The molecule has 0 radical (unpaired) electrons. The Balaban J connectivity index is 1.70. The molecule has 1 saturated heterocycles. The van der Waals surface area contributed by atoms with Gasteiger partial charge in [0.2, 0.25) is 15.9 Å². The fraction of sp³-hybridized carbons (Fsp3) is 0.353. The van der Waals surface area contributed by atoms with Gasteiger partial charge in [0.15, 0.2) is 0 Å². The summed E-state index contributed by atoms with van der Waals surface area (Å²) in [5, 5.41) is 9.03. The molecule has 0 spiro atoms. The van der Waals surface area contributed by atoms with Crippen LogP contribution in [0.2, 0.25) is 0 Å². The van der Waals surface area contributed by atoms with Crippen molar-refractivity contribution in [1.29, 1.82) is 0 Å². The highest BCUT2D eigenvalue weighted by Gasteiger charge is 2.29. The molecule has 2 heterocycles. The SMILES string of the molecule is C[NH+]1CCN(S(=O)(=O)c2ccc(Oc3ccc(CO)cc3)nc2)CC1. The van der Waals surface area contributed by atoms with Gasteiger partial charge >= 0.3 is 0 Å². The van der Waals surface area contributed by atoms with Crippen LogP contribution in [0.15, 0.2) is 47.5 Å². The van der Waals surface area contributed by atoms with Gasteiger partial charge in [0.1, 0.15) is 10.6 Å². The third-order valence-electron chi connectivity index (χ3n) is 4.25. The molecule has 3 rings (SSSR count). The second-order valence-corrected chi connectivity index (χ2v) is 8.04. The molecule has 1 aliphatic rings. The molecule has 0 aliphatic carbocycles. The van der Waals surface area contributed by atoms with Gasteiger partial charge in [0.25, 0.3) is 0 Å². The van der Waals surface area contributed by atoms with Crippen LogP contribution in [0.3, 0.4) is 0 Å². The molecular formula is C17H22N3O4S+. The van der Waals surface area contributed by atoms with Crippen molar-refractivity contribution in [3.63, 3.8) is 0 Å². The monoisotopic (exact) mass is 364 g/mol. The second-order valence-electron chi connectivity index (χ2n) is 6.10. The third-order valence-corrected chi connectivity index (χ3v) is 6.13. The Morgan fingerprint density at radius 3 is 2.40 bits per heavy atom. The highest BCUT2D eigenvalue weighted by atomic mass is 32.2. The standard InChI is InChI=1S/C17H21N3O4S/c1-19-8-10-20(11-9-19)25(22,23)16-6-7-17(18-12-16)24-15-4-2-14(13-21)3-5-15/h2-7,12,21H,8-11,13H2,1H3/p+1. The summed E-state index contributed by atoms with van der Waals surface area (Å²) in [4.78, 5) is 5.62. The van der Waals surface area contributed by atoms with E-state index in [-0.39, 0.29) is 11.5 Å².